The molecule has 0 aromatic heterocycles. The lowest BCUT2D eigenvalue weighted by Gasteiger charge is -2.18. The lowest BCUT2D eigenvalue weighted by molar-refractivity contribution is -0.133. The summed E-state index contributed by atoms with van der Waals surface area (Å²) in [6.45, 7) is 3.72. The van der Waals surface area contributed by atoms with Crippen molar-refractivity contribution in [3.63, 3.8) is 0 Å². The van der Waals surface area contributed by atoms with E-state index in [4.69, 9.17) is 9.47 Å². The monoisotopic (exact) mass is 388 g/mol. The number of fused-ring (bicyclic) bond motifs is 1. The Balaban J connectivity index is 2.38. The second kappa shape index (κ2) is 8.74. The molecule has 0 aliphatic carbocycles. The maximum absolute atomic E-state index is 12.5. The van der Waals surface area contributed by atoms with Crippen molar-refractivity contribution in [3.05, 3.63) is 82.4 Å². The molecule has 4 nitrogen and oxygen atoms in total. The molecule has 0 atom stereocenters. The number of rotatable bonds is 6. The van der Waals surface area contributed by atoms with Gasteiger partial charge in [0.15, 0.2) is 6.29 Å². The molecular weight excluding hydrogens is 364 g/mol. The Morgan fingerprint density at radius 2 is 1.72 bits per heavy atom. The van der Waals surface area contributed by atoms with Crippen molar-refractivity contribution in [2.75, 3.05) is 14.2 Å². The molecule has 29 heavy (non-hydrogen) atoms. The second-order valence-electron chi connectivity index (χ2n) is 7.03. The fourth-order valence-corrected chi connectivity index (χ4v) is 3.70. The van der Waals surface area contributed by atoms with Gasteiger partial charge in [0, 0.05) is 5.39 Å². The number of hydrogen-bond acceptors (Lipinski definition) is 4. The molecule has 0 saturated carbocycles. The third-order valence-corrected chi connectivity index (χ3v) is 4.96. The van der Waals surface area contributed by atoms with Gasteiger partial charge < -0.3 is 9.47 Å². The Bertz CT molecular complexity index is 1090. The normalized spacial score (nSPS) is 10.5. The van der Waals surface area contributed by atoms with Crippen LogP contribution in [-0.2, 0) is 16.0 Å². The summed E-state index contributed by atoms with van der Waals surface area (Å²) in [6, 6.07) is 17.7. The maximum Gasteiger partial charge on any atom is 0.338 e. The summed E-state index contributed by atoms with van der Waals surface area (Å²) >= 11 is 0. The predicted octanol–water partition coefficient (Wildman–Crippen LogP) is 5.22. The summed E-state index contributed by atoms with van der Waals surface area (Å²) in [5, 5.41) is 1.68. The first kappa shape index (κ1) is 20.3. The summed E-state index contributed by atoms with van der Waals surface area (Å²) < 4.78 is 10.7. The largest absolute Gasteiger partial charge is 0.495 e. The van der Waals surface area contributed by atoms with Crippen LogP contribution in [0.4, 0.5) is 0 Å². The zero-order valence-corrected chi connectivity index (χ0v) is 17.1. The van der Waals surface area contributed by atoms with Crippen LogP contribution in [0.5, 0.6) is 5.75 Å². The summed E-state index contributed by atoms with van der Waals surface area (Å²) in [6.07, 6.45) is 1.44. The Hall–Kier alpha value is -3.40. The van der Waals surface area contributed by atoms with Gasteiger partial charge in [0.1, 0.15) is 5.75 Å². The van der Waals surface area contributed by atoms with E-state index in [-0.39, 0.29) is 0 Å². The van der Waals surface area contributed by atoms with Crippen molar-refractivity contribution in [1.29, 1.82) is 0 Å². The van der Waals surface area contributed by atoms with E-state index in [1.54, 1.807) is 13.2 Å². The van der Waals surface area contributed by atoms with Gasteiger partial charge in [-0.15, -0.1) is 0 Å². The van der Waals surface area contributed by atoms with Crippen LogP contribution in [0.25, 0.3) is 16.3 Å². The van der Waals surface area contributed by atoms with Crippen LogP contribution in [0.1, 0.15) is 40.9 Å². The fourth-order valence-electron chi connectivity index (χ4n) is 3.70. The molecule has 4 heteroatoms. The van der Waals surface area contributed by atoms with Crippen molar-refractivity contribution >= 4 is 28.6 Å². The summed E-state index contributed by atoms with van der Waals surface area (Å²) in [5.74, 6) is 0.0880. The van der Waals surface area contributed by atoms with Crippen LogP contribution in [0.2, 0.25) is 0 Å². The molecule has 0 spiro atoms. The average Bonchev–Trinajstić information content (AvgIpc) is 2.74. The van der Waals surface area contributed by atoms with Gasteiger partial charge in [-0.2, -0.15) is 0 Å². The number of allylic oxidation sites excluding steroid dienone is 1. The quantitative estimate of drug-likeness (QED) is 0.330. The molecule has 0 N–H and O–H groups in total. The Morgan fingerprint density at radius 3 is 2.31 bits per heavy atom. The molecule has 0 aliphatic heterocycles. The molecular formula is C25H24O4. The van der Waals surface area contributed by atoms with E-state index >= 15 is 0 Å². The summed E-state index contributed by atoms with van der Waals surface area (Å²) in [7, 11) is 2.92. The number of ether oxygens (including phenoxy) is 2. The first-order valence-electron chi connectivity index (χ1n) is 9.39. The fraction of sp³-hybridized carbons (Fsp3) is 0.200. The van der Waals surface area contributed by atoms with Gasteiger partial charge in [-0.3, -0.25) is 4.79 Å². The number of esters is 1. The third-order valence-electron chi connectivity index (χ3n) is 4.96. The highest BCUT2D eigenvalue weighted by Crippen LogP contribution is 2.39. The van der Waals surface area contributed by atoms with Crippen LogP contribution in [0, 0.1) is 0 Å². The number of hydrogen-bond donors (Lipinski definition) is 0. The summed E-state index contributed by atoms with van der Waals surface area (Å²) in [5.41, 5.74) is 4.51. The molecule has 0 heterocycles. The molecule has 3 aromatic rings. The maximum atomic E-state index is 12.5. The van der Waals surface area contributed by atoms with Gasteiger partial charge in [0.25, 0.3) is 0 Å². The molecule has 0 aliphatic rings. The van der Waals surface area contributed by atoms with Gasteiger partial charge in [0.2, 0.25) is 0 Å². The van der Waals surface area contributed by atoms with E-state index < -0.39 is 5.97 Å². The predicted molar refractivity (Wildman–Crippen MR) is 115 cm³/mol. The number of carbonyl (C=O) groups excluding carboxylic acids is 2. The molecule has 0 saturated heterocycles. The van der Waals surface area contributed by atoms with Crippen molar-refractivity contribution in [3.8, 4) is 5.75 Å². The lowest BCUT2D eigenvalue weighted by atomic mass is 9.89. The van der Waals surface area contributed by atoms with Crippen LogP contribution in [0.3, 0.4) is 0 Å². The standard InChI is InChI=1S/C25H24O4/c1-16(2)22(25(27)29-4)21-14-19(15-26)24(28-3)23-18(11-8-12-20(21)23)13-17-9-6-5-7-10-17/h5-12,14-15H,13H2,1-4H3. The van der Waals surface area contributed by atoms with Gasteiger partial charge in [-0.05, 0) is 48.4 Å². The number of carbonyl (C=O) groups is 2. The van der Waals surface area contributed by atoms with E-state index in [0.717, 1.165) is 33.8 Å². The van der Waals surface area contributed by atoms with Gasteiger partial charge in [0.05, 0.1) is 25.4 Å². The highest BCUT2D eigenvalue weighted by molar-refractivity contribution is 6.22. The molecule has 3 aromatic carbocycles. The van der Waals surface area contributed by atoms with Crippen molar-refractivity contribution in [1.82, 2.24) is 0 Å². The van der Waals surface area contributed by atoms with Crippen molar-refractivity contribution < 1.29 is 19.1 Å². The lowest BCUT2D eigenvalue weighted by Crippen LogP contribution is -2.08. The van der Waals surface area contributed by atoms with E-state index in [0.29, 0.717) is 28.9 Å². The van der Waals surface area contributed by atoms with E-state index in [1.807, 2.05) is 50.2 Å². The average molecular weight is 388 g/mol. The number of benzene rings is 3. The van der Waals surface area contributed by atoms with Gasteiger partial charge >= 0.3 is 5.97 Å². The minimum atomic E-state index is -0.429. The number of aldehydes is 1. The van der Waals surface area contributed by atoms with Crippen molar-refractivity contribution in [2.24, 2.45) is 0 Å². The molecule has 148 valence electrons. The second-order valence-corrected chi connectivity index (χ2v) is 7.03. The summed E-state index contributed by atoms with van der Waals surface area (Å²) in [4.78, 5) is 24.4. The van der Waals surface area contributed by atoms with Crippen LogP contribution in [0.15, 0.2) is 60.2 Å². The third kappa shape index (κ3) is 3.92. The van der Waals surface area contributed by atoms with E-state index in [2.05, 4.69) is 12.1 Å². The molecule has 0 unspecified atom stereocenters. The first-order chi connectivity index (χ1) is 14.0. The number of methoxy groups -OCH3 is 2. The SMILES string of the molecule is COC(=O)C(=C(C)C)c1cc(C=O)c(OC)c2c(Cc3ccccc3)cccc12. The molecule has 3 rings (SSSR count). The van der Waals surface area contributed by atoms with Crippen LogP contribution >= 0.6 is 0 Å². The highest BCUT2D eigenvalue weighted by Gasteiger charge is 2.22. The topological polar surface area (TPSA) is 52.6 Å². The zero-order chi connectivity index (χ0) is 21.0. The highest BCUT2D eigenvalue weighted by atomic mass is 16.5. The zero-order valence-electron chi connectivity index (χ0n) is 17.1. The molecule has 0 amide bonds. The van der Waals surface area contributed by atoms with Gasteiger partial charge in [-0.25, -0.2) is 4.79 Å². The molecule has 0 fully saturated rings. The minimum absolute atomic E-state index is 0.401. The smallest absolute Gasteiger partial charge is 0.338 e. The Morgan fingerprint density at radius 1 is 1.00 bits per heavy atom. The van der Waals surface area contributed by atoms with Gasteiger partial charge in [-0.1, -0.05) is 54.1 Å². The molecule has 0 bridgehead atoms. The molecule has 0 radical (unpaired) electrons. The van der Waals surface area contributed by atoms with Crippen molar-refractivity contribution in [2.45, 2.75) is 20.3 Å². The van der Waals surface area contributed by atoms with E-state index in [1.165, 1.54) is 7.11 Å². The Labute approximate surface area is 170 Å². The van der Waals surface area contributed by atoms with Crippen LogP contribution in [-0.4, -0.2) is 26.5 Å². The first-order valence-corrected chi connectivity index (χ1v) is 9.39. The van der Waals surface area contributed by atoms with Crippen LogP contribution < -0.4 is 4.74 Å². The Kier molecular flexibility index (Phi) is 6.13. The minimum Gasteiger partial charge on any atom is -0.495 e. The van der Waals surface area contributed by atoms with E-state index in [9.17, 15) is 9.59 Å².